The molecule has 0 N–H and O–H groups in total. The third-order valence-corrected chi connectivity index (χ3v) is 3.93. The predicted octanol–water partition coefficient (Wildman–Crippen LogP) is 3.99. The molecule has 1 aromatic carbocycles. The fraction of sp³-hybridized carbons (Fsp3) is 0.533. The van der Waals surface area contributed by atoms with Crippen LogP contribution in [0, 0.1) is 6.92 Å². The molecule has 0 heterocycles. The maximum Gasteiger partial charge on any atom is 0.306 e. The Hall–Kier alpha value is -0.830. The van der Waals surface area contributed by atoms with Crippen molar-refractivity contribution in [2.75, 3.05) is 12.4 Å². The molecule has 0 aliphatic heterocycles. The smallest absolute Gasteiger partial charge is 0.306 e. The number of carbonyl (C=O) groups is 1. The van der Waals surface area contributed by atoms with Gasteiger partial charge in [0.25, 0.3) is 0 Å². The summed E-state index contributed by atoms with van der Waals surface area (Å²) in [5.41, 5.74) is 2.30. The molecule has 100 valence electrons. The Morgan fingerprint density at radius 2 is 1.94 bits per heavy atom. The number of benzene rings is 1. The van der Waals surface area contributed by atoms with E-state index in [0.29, 0.717) is 6.42 Å². The summed E-state index contributed by atoms with van der Waals surface area (Å²) in [7, 11) is 1.45. The number of esters is 1. The van der Waals surface area contributed by atoms with Crippen molar-refractivity contribution in [2.45, 2.75) is 38.5 Å². The molecule has 0 aliphatic rings. The number of hydrogen-bond donors (Lipinski definition) is 0. The van der Waals surface area contributed by atoms with Gasteiger partial charge >= 0.3 is 5.97 Å². The number of carbonyl (C=O) groups excluding carboxylic acids is 1. The fourth-order valence-corrected chi connectivity index (χ4v) is 2.42. The minimum atomic E-state index is -0.146. The summed E-state index contributed by atoms with van der Waals surface area (Å²) in [4.78, 5) is 11.6. The molecule has 0 spiro atoms. The molecule has 0 saturated heterocycles. The maximum atomic E-state index is 11.6. The number of methoxy groups -OCH3 is 1. The van der Waals surface area contributed by atoms with Gasteiger partial charge in [0, 0.05) is 10.7 Å². The quantitative estimate of drug-likeness (QED) is 0.586. The Balaban J connectivity index is 2.95. The Labute approximate surface area is 118 Å². The van der Waals surface area contributed by atoms with Gasteiger partial charge < -0.3 is 4.74 Å². The van der Waals surface area contributed by atoms with Gasteiger partial charge in [-0.15, -0.1) is 0 Å². The molecular weight excluding hydrogens is 292 g/mol. The van der Waals surface area contributed by atoms with Crippen LogP contribution in [0.1, 0.15) is 37.3 Å². The lowest BCUT2D eigenvalue weighted by atomic mass is 9.76. The molecule has 0 fully saturated rings. The Morgan fingerprint density at radius 1 is 1.33 bits per heavy atom. The van der Waals surface area contributed by atoms with Crippen molar-refractivity contribution >= 4 is 21.9 Å². The first-order valence-corrected chi connectivity index (χ1v) is 7.34. The first-order chi connectivity index (χ1) is 8.51. The van der Waals surface area contributed by atoms with Crippen LogP contribution in [0.3, 0.4) is 0 Å². The lowest BCUT2D eigenvalue weighted by Crippen LogP contribution is -2.26. The van der Waals surface area contributed by atoms with Gasteiger partial charge in [0.05, 0.1) is 13.5 Å². The maximum absolute atomic E-state index is 11.6. The van der Waals surface area contributed by atoms with E-state index in [1.165, 1.54) is 18.2 Å². The summed E-state index contributed by atoms with van der Waals surface area (Å²) < 4.78 is 4.82. The van der Waals surface area contributed by atoms with Crippen molar-refractivity contribution < 1.29 is 9.53 Å². The molecule has 0 aromatic heterocycles. The van der Waals surface area contributed by atoms with Gasteiger partial charge in [0.2, 0.25) is 0 Å². The lowest BCUT2D eigenvalue weighted by molar-refractivity contribution is -0.142. The zero-order chi connectivity index (χ0) is 13.6. The minimum absolute atomic E-state index is 0.144. The number of alkyl halides is 1. The van der Waals surface area contributed by atoms with E-state index in [1.54, 1.807) is 0 Å². The van der Waals surface area contributed by atoms with Gasteiger partial charge in [-0.05, 0) is 25.3 Å². The van der Waals surface area contributed by atoms with Gasteiger partial charge in [-0.2, -0.15) is 0 Å². The molecule has 0 amide bonds. The summed E-state index contributed by atoms with van der Waals surface area (Å²) in [6, 6.07) is 8.43. The van der Waals surface area contributed by atoms with E-state index in [1.807, 2.05) is 0 Å². The average Bonchev–Trinajstić information content (AvgIpc) is 2.37. The standard InChI is InChI=1S/C15H21BrO2/c1-12-5-7-13(8-6-12)15(2,9-4-10-16)11-14(17)18-3/h5-8H,4,9-11H2,1-3H3. The highest BCUT2D eigenvalue weighted by atomic mass is 79.9. The van der Waals surface area contributed by atoms with E-state index >= 15 is 0 Å². The lowest BCUT2D eigenvalue weighted by Gasteiger charge is -2.29. The van der Waals surface area contributed by atoms with E-state index in [-0.39, 0.29) is 11.4 Å². The van der Waals surface area contributed by atoms with Crippen LogP contribution in [0.4, 0.5) is 0 Å². The van der Waals surface area contributed by atoms with Gasteiger partial charge in [-0.1, -0.05) is 52.7 Å². The van der Waals surface area contributed by atoms with E-state index < -0.39 is 0 Å². The Kier molecular flexibility index (Phi) is 5.86. The second-order valence-electron chi connectivity index (χ2n) is 4.97. The highest BCUT2D eigenvalue weighted by Crippen LogP contribution is 2.33. The molecule has 1 unspecified atom stereocenters. The molecule has 0 aliphatic carbocycles. The number of aryl methyl sites for hydroxylation is 1. The zero-order valence-electron chi connectivity index (χ0n) is 11.3. The highest BCUT2D eigenvalue weighted by Gasteiger charge is 2.29. The molecular formula is C15H21BrO2. The number of rotatable bonds is 6. The molecule has 0 saturated carbocycles. The summed E-state index contributed by atoms with van der Waals surface area (Å²) in [6.45, 7) is 4.21. The van der Waals surface area contributed by atoms with Gasteiger partial charge in [-0.3, -0.25) is 4.79 Å². The second kappa shape index (κ2) is 6.93. The first-order valence-electron chi connectivity index (χ1n) is 6.22. The van der Waals surface area contributed by atoms with Crippen LogP contribution in [0.5, 0.6) is 0 Å². The molecule has 0 bridgehead atoms. The molecule has 0 radical (unpaired) electrons. The third kappa shape index (κ3) is 4.13. The minimum Gasteiger partial charge on any atom is -0.469 e. The van der Waals surface area contributed by atoms with Crippen LogP contribution in [-0.4, -0.2) is 18.4 Å². The van der Waals surface area contributed by atoms with Crippen molar-refractivity contribution in [1.29, 1.82) is 0 Å². The topological polar surface area (TPSA) is 26.3 Å². The van der Waals surface area contributed by atoms with Crippen LogP contribution < -0.4 is 0 Å². The van der Waals surface area contributed by atoms with E-state index in [0.717, 1.165) is 18.2 Å². The van der Waals surface area contributed by atoms with Crippen molar-refractivity contribution in [2.24, 2.45) is 0 Å². The van der Waals surface area contributed by atoms with Crippen LogP contribution in [-0.2, 0) is 14.9 Å². The molecule has 1 rings (SSSR count). The number of ether oxygens (including phenoxy) is 1. The van der Waals surface area contributed by atoms with Crippen molar-refractivity contribution in [3.8, 4) is 0 Å². The summed E-state index contributed by atoms with van der Waals surface area (Å²) in [5, 5.41) is 0.954. The van der Waals surface area contributed by atoms with Gasteiger partial charge in [0.15, 0.2) is 0 Å². The Bertz CT molecular complexity index is 386. The zero-order valence-corrected chi connectivity index (χ0v) is 12.9. The monoisotopic (exact) mass is 312 g/mol. The molecule has 1 aromatic rings. The van der Waals surface area contributed by atoms with Gasteiger partial charge in [-0.25, -0.2) is 0 Å². The SMILES string of the molecule is COC(=O)CC(C)(CCCBr)c1ccc(C)cc1. The molecule has 3 heteroatoms. The first kappa shape index (κ1) is 15.2. The largest absolute Gasteiger partial charge is 0.469 e. The number of halogens is 1. The van der Waals surface area contributed by atoms with E-state index in [9.17, 15) is 4.79 Å². The van der Waals surface area contributed by atoms with Crippen molar-refractivity contribution in [3.63, 3.8) is 0 Å². The predicted molar refractivity (Wildman–Crippen MR) is 78.2 cm³/mol. The second-order valence-corrected chi connectivity index (χ2v) is 5.77. The van der Waals surface area contributed by atoms with Crippen LogP contribution >= 0.6 is 15.9 Å². The van der Waals surface area contributed by atoms with E-state index in [4.69, 9.17) is 4.74 Å². The number of hydrogen-bond acceptors (Lipinski definition) is 2. The normalized spacial score (nSPS) is 14.0. The molecule has 18 heavy (non-hydrogen) atoms. The molecule has 1 atom stereocenters. The van der Waals surface area contributed by atoms with Crippen LogP contribution in [0.2, 0.25) is 0 Å². The van der Waals surface area contributed by atoms with E-state index in [2.05, 4.69) is 54.0 Å². The summed E-state index contributed by atoms with van der Waals surface area (Å²) in [5.74, 6) is -0.146. The highest BCUT2D eigenvalue weighted by molar-refractivity contribution is 9.09. The Morgan fingerprint density at radius 3 is 2.44 bits per heavy atom. The third-order valence-electron chi connectivity index (χ3n) is 3.37. The summed E-state index contributed by atoms with van der Waals surface area (Å²) >= 11 is 3.45. The summed E-state index contributed by atoms with van der Waals surface area (Å²) in [6.07, 6.45) is 2.44. The van der Waals surface area contributed by atoms with Crippen LogP contribution in [0.15, 0.2) is 24.3 Å². The molecule has 2 nitrogen and oxygen atoms in total. The van der Waals surface area contributed by atoms with Crippen molar-refractivity contribution in [3.05, 3.63) is 35.4 Å². The van der Waals surface area contributed by atoms with Gasteiger partial charge in [0.1, 0.15) is 0 Å². The fourth-order valence-electron chi connectivity index (χ4n) is 2.14. The average molecular weight is 313 g/mol. The van der Waals surface area contributed by atoms with Crippen LogP contribution in [0.25, 0.3) is 0 Å². The van der Waals surface area contributed by atoms with Crippen molar-refractivity contribution in [1.82, 2.24) is 0 Å².